The van der Waals surface area contributed by atoms with Gasteiger partial charge < -0.3 is 14.4 Å². The first-order chi connectivity index (χ1) is 10.7. The molecule has 1 aromatic carbocycles. The lowest BCUT2D eigenvalue weighted by molar-refractivity contribution is 0.0159. The zero-order chi connectivity index (χ0) is 15.5. The van der Waals surface area contributed by atoms with Crippen molar-refractivity contribution in [2.45, 2.75) is 13.0 Å². The van der Waals surface area contributed by atoms with Gasteiger partial charge in [0.15, 0.2) is 0 Å². The number of hydrogen-bond acceptors (Lipinski definition) is 4. The highest BCUT2D eigenvalue weighted by Gasteiger charge is 2.33. The number of nitrogens with zero attached hydrogens (tertiary/aromatic N) is 2. The van der Waals surface area contributed by atoms with Crippen molar-refractivity contribution in [2.24, 2.45) is 0 Å². The number of ether oxygens (including phenoxy) is 2. The smallest absolute Gasteiger partial charge is 0.254 e. The second-order valence-corrected chi connectivity index (χ2v) is 5.30. The molecule has 0 N–H and O–H groups in total. The van der Waals surface area contributed by atoms with Crippen LogP contribution in [0.4, 0.5) is 0 Å². The van der Waals surface area contributed by atoms with Crippen LogP contribution in [0.5, 0.6) is 11.6 Å². The Balaban J connectivity index is 1.57. The van der Waals surface area contributed by atoms with Gasteiger partial charge in [0.25, 0.3) is 5.91 Å². The van der Waals surface area contributed by atoms with E-state index in [1.165, 1.54) is 0 Å². The lowest BCUT2D eigenvalue weighted by Gasteiger charge is -2.38. The maximum absolute atomic E-state index is 12.3. The van der Waals surface area contributed by atoms with Gasteiger partial charge in [0.2, 0.25) is 5.88 Å². The third kappa shape index (κ3) is 3.03. The first-order valence-electron chi connectivity index (χ1n) is 7.19. The van der Waals surface area contributed by atoms with Crippen molar-refractivity contribution in [3.8, 4) is 11.6 Å². The fraction of sp³-hybridized carbons (Fsp3) is 0.294. The summed E-state index contributed by atoms with van der Waals surface area (Å²) in [6, 6.07) is 12.8. The van der Waals surface area contributed by atoms with E-state index in [2.05, 4.69) is 4.98 Å². The number of benzene rings is 1. The molecule has 3 rings (SSSR count). The van der Waals surface area contributed by atoms with Gasteiger partial charge in [-0.05, 0) is 31.2 Å². The van der Waals surface area contributed by atoms with Gasteiger partial charge in [0.05, 0.1) is 20.2 Å². The molecule has 1 saturated heterocycles. The Bertz CT molecular complexity index is 681. The van der Waals surface area contributed by atoms with Crippen molar-refractivity contribution in [3.05, 3.63) is 53.7 Å². The molecule has 2 aromatic rings. The number of amides is 1. The van der Waals surface area contributed by atoms with Crippen molar-refractivity contribution in [1.82, 2.24) is 9.88 Å². The van der Waals surface area contributed by atoms with Gasteiger partial charge in [-0.25, -0.2) is 4.98 Å². The van der Waals surface area contributed by atoms with Crippen molar-refractivity contribution in [3.63, 3.8) is 0 Å². The SMILES string of the molecule is COc1cccc(C(=O)N2CC(Oc3cccc(C)n3)C2)c1. The number of rotatable bonds is 4. The number of carbonyl (C=O) groups excluding carboxylic acids is 1. The summed E-state index contributed by atoms with van der Waals surface area (Å²) in [4.78, 5) is 18.4. The number of likely N-dealkylation sites (tertiary alicyclic amines) is 1. The van der Waals surface area contributed by atoms with Crippen LogP contribution in [0.3, 0.4) is 0 Å². The molecule has 1 fully saturated rings. The number of pyridine rings is 1. The zero-order valence-electron chi connectivity index (χ0n) is 12.7. The minimum atomic E-state index is -0.00375. The van der Waals surface area contributed by atoms with Crippen LogP contribution in [0.2, 0.25) is 0 Å². The first-order valence-corrected chi connectivity index (χ1v) is 7.19. The van der Waals surface area contributed by atoms with Crippen LogP contribution in [-0.2, 0) is 0 Å². The largest absolute Gasteiger partial charge is 0.497 e. The van der Waals surface area contributed by atoms with Crippen LogP contribution in [0.1, 0.15) is 16.1 Å². The van der Waals surface area contributed by atoms with Gasteiger partial charge in [0, 0.05) is 17.3 Å². The van der Waals surface area contributed by atoms with Gasteiger partial charge in [0.1, 0.15) is 11.9 Å². The molecule has 0 unspecified atom stereocenters. The predicted molar refractivity (Wildman–Crippen MR) is 82.3 cm³/mol. The van der Waals surface area contributed by atoms with Gasteiger partial charge >= 0.3 is 0 Å². The third-order valence-electron chi connectivity index (χ3n) is 3.60. The normalized spacial score (nSPS) is 14.4. The zero-order valence-corrected chi connectivity index (χ0v) is 12.7. The van der Waals surface area contributed by atoms with E-state index in [0.29, 0.717) is 30.3 Å². The van der Waals surface area contributed by atoms with Gasteiger partial charge in [-0.1, -0.05) is 12.1 Å². The summed E-state index contributed by atoms with van der Waals surface area (Å²) < 4.78 is 10.9. The molecule has 1 aromatic heterocycles. The Kier molecular flexibility index (Phi) is 3.96. The van der Waals surface area contributed by atoms with Crippen molar-refractivity contribution >= 4 is 5.91 Å². The number of aromatic nitrogens is 1. The molecule has 114 valence electrons. The van der Waals surface area contributed by atoms with Crippen LogP contribution >= 0.6 is 0 Å². The number of aryl methyl sites for hydroxylation is 1. The molecule has 0 saturated carbocycles. The molecule has 0 atom stereocenters. The molecule has 0 bridgehead atoms. The minimum absolute atomic E-state index is 0.00357. The highest BCUT2D eigenvalue weighted by atomic mass is 16.5. The van der Waals surface area contributed by atoms with Crippen molar-refractivity contribution in [2.75, 3.05) is 20.2 Å². The topological polar surface area (TPSA) is 51.7 Å². The maximum Gasteiger partial charge on any atom is 0.254 e. The van der Waals surface area contributed by atoms with Crippen LogP contribution in [-0.4, -0.2) is 42.1 Å². The maximum atomic E-state index is 12.3. The van der Waals surface area contributed by atoms with E-state index in [1.807, 2.05) is 37.3 Å². The molecule has 1 aliphatic heterocycles. The van der Waals surface area contributed by atoms with Crippen LogP contribution in [0.15, 0.2) is 42.5 Å². The van der Waals surface area contributed by atoms with E-state index in [0.717, 1.165) is 5.69 Å². The molecule has 1 amide bonds. The van der Waals surface area contributed by atoms with E-state index < -0.39 is 0 Å². The Morgan fingerprint density at radius 2 is 2.00 bits per heavy atom. The van der Waals surface area contributed by atoms with E-state index in [1.54, 1.807) is 24.1 Å². The van der Waals surface area contributed by atoms with Gasteiger partial charge in [-0.15, -0.1) is 0 Å². The summed E-state index contributed by atoms with van der Waals surface area (Å²) in [5, 5.41) is 0. The lowest BCUT2D eigenvalue weighted by Crippen LogP contribution is -2.56. The summed E-state index contributed by atoms with van der Waals surface area (Å²) >= 11 is 0. The lowest BCUT2D eigenvalue weighted by atomic mass is 10.1. The quantitative estimate of drug-likeness (QED) is 0.869. The third-order valence-corrected chi connectivity index (χ3v) is 3.60. The van der Waals surface area contributed by atoms with Gasteiger partial charge in [-0.3, -0.25) is 4.79 Å². The minimum Gasteiger partial charge on any atom is -0.497 e. The fourth-order valence-corrected chi connectivity index (χ4v) is 2.37. The summed E-state index contributed by atoms with van der Waals surface area (Å²) in [6.07, 6.45) is 0.00357. The molecule has 5 nitrogen and oxygen atoms in total. The average Bonchev–Trinajstić information content (AvgIpc) is 2.50. The molecule has 2 heterocycles. The Morgan fingerprint density at radius 1 is 1.23 bits per heavy atom. The summed E-state index contributed by atoms with van der Waals surface area (Å²) in [5.74, 6) is 1.29. The standard InChI is InChI=1S/C17H18N2O3/c1-12-5-3-8-16(18-12)22-15-10-19(11-15)17(20)13-6-4-7-14(9-13)21-2/h3-9,15H,10-11H2,1-2H3. The number of hydrogen-bond donors (Lipinski definition) is 0. The first kappa shape index (κ1) is 14.4. The van der Waals surface area contributed by atoms with Gasteiger partial charge in [-0.2, -0.15) is 0 Å². The molecule has 1 aliphatic rings. The molecule has 0 aliphatic carbocycles. The Hall–Kier alpha value is -2.56. The average molecular weight is 298 g/mol. The Morgan fingerprint density at radius 3 is 2.73 bits per heavy atom. The van der Waals surface area contributed by atoms with E-state index >= 15 is 0 Å². The second kappa shape index (κ2) is 6.05. The van der Waals surface area contributed by atoms with E-state index in [4.69, 9.17) is 9.47 Å². The summed E-state index contributed by atoms with van der Waals surface area (Å²) in [7, 11) is 1.59. The summed E-state index contributed by atoms with van der Waals surface area (Å²) in [6.45, 7) is 3.07. The van der Waals surface area contributed by atoms with Crippen LogP contribution in [0.25, 0.3) is 0 Å². The van der Waals surface area contributed by atoms with Crippen LogP contribution in [0, 0.1) is 6.92 Å². The highest BCUT2D eigenvalue weighted by molar-refractivity contribution is 5.95. The van der Waals surface area contributed by atoms with Crippen LogP contribution < -0.4 is 9.47 Å². The molecule has 22 heavy (non-hydrogen) atoms. The molecule has 0 spiro atoms. The van der Waals surface area contributed by atoms with Crippen molar-refractivity contribution in [1.29, 1.82) is 0 Å². The monoisotopic (exact) mass is 298 g/mol. The van der Waals surface area contributed by atoms with Crippen molar-refractivity contribution < 1.29 is 14.3 Å². The second-order valence-electron chi connectivity index (χ2n) is 5.30. The molecule has 0 radical (unpaired) electrons. The van der Waals surface area contributed by atoms with E-state index in [9.17, 15) is 4.79 Å². The van der Waals surface area contributed by atoms with E-state index in [-0.39, 0.29) is 12.0 Å². The highest BCUT2D eigenvalue weighted by Crippen LogP contribution is 2.20. The number of carbonyl (C=O) groups is 1. The molecular formula is C17H18N2O3. The Labute approximate surface area is 129 Å². The number of methoxy groups -OCH3 is 1. The predicted octanol–water partition coefficient (Wildman–Crippen LogP) is 2.30. The fourth-order valence-electron chi connectivity index (χ4n) is 2.37. The summed E-state index contributed by atoms with van der Waals surface area (Å²) in [5.41, 5.74) is 1.55. The molecular weight excluding hydrogens is 280 g/mol. The molecule has 5 heteroatoms.